The van der Waals surface area contributed by atoms with Crippen molar-refractivity contribution in [2.75, 3.05) is 7.11 Å². The molecule has 1 rings (SSSR count). The second-order valence-electron chi connectivity index (χ2n) is 3.64. The van der Waals surface area contributed by atoms with Gasteiger partial charge in [0, 0.05) is 6.07 Å². The Kier molecular flexibility index (Phi) is 3.66. The zero-order valence-electron chi connectivity index (χ0n) is 9.53. The smallest absolute Gasteiger partial charge is 0.174 e. The lowest BCUT2D eigenvalue weighted by Crippen LogP contribution is -2.07. The van der Waals surface area contributed by atoms with Gasteiger partial charge < -0.3 is 9.84 Å². The van der Waals surface area contributed by atoms with Gasteiger partial charge in [-0.05, 0) is 25.5 Å². The van der Waals surface area contributed by atoms with E-state index in [0.29, 0.717) is 11.3 Å². The Morgan fingerprint density at radius 3 is 2.44 bits per heavy atom. The molecule has 0 aliphatic rings. The van der Waals surface area contributed by atoms with Gasteiger partial charge in [-0.15, -0.1) is 0 Å². The number of phenolic OH excluding ortho intramolecular Hbond substituents is 1. The second-order valence-corrected chi connectivity index (χ2v) is 3.64. The van der Waals surface area contributed by atoms with E-state index in [-0.39, 0.29) is 29.3 Å². The topological polar surface area (TPSA) is 63.6 Å². The third-order valence-corrected chi connectivity index (χ3v) is 2.21. The number of carbonyl (C=O) groups excluding carboxylic acids is 2. The molecule has 0 radical (unpaired) electrons. The first kappa shape index (κ1) is 12.2. The number of ketones is 2. The molecule has 0 unspecified atom stereocenters. The van der Waals surface area contributed by atoms with Crippen LogP contribution in [-0.2, 0) is 4.79 Å². The maximum absolute atomic E-state index is 11.7. The van der Waals surface area contributed by atoms with Crippen LogP contribution in [0.25, 0.3) is 0 Å². The van der Waals surface area contributed by atoms with Crippen LogP contribution in [0.3, 0.4) is 0 Å². The summed E-state index contributed by atoms with van der Waals surface area (Å²) in [6, 6.07) is 3.01. The van der Waals surface area contributed by atoms with Gasteiger partial charge >= 0.3 is 0 Å². The van der Waals surface area contributed by atoms with Crippen LogP contribution in [0.2, 0.25) is 0 Å². The summed E-state index contributed by atoms with van der Waals surface area (Å²) >= 11 is 0. The Morgan fingerprint density at radius 1 is 1.38 bits per heavy atom. The minimum absolute atomic E-state index is 0.150. The zero-order valence-corrected chi connectivity index (χ0v) is 9.53. The lowest BCUT2D eigenvalue weighted by Gasteiger charge is -2.09. The molecule has 0 bridgehead atoms. The summed E-state index contributed by atoms with van der Waals surface area (Å²) in [5.74, 6) is -0.262. The summed E-state index contributed by atoms with van der Waals surface area (Å²) < 4.78 is 4.95. The van der Waals surface area contributed by atoms with Gasteiger partial charge in [0.2, 0.25) is 0 Å². The number of aryl methyl sites for hydroxylation is 1. The molecule has 0 aliphatic heterocycles. The van der Waals surface area contributed by atoms with Crippen LogP contribution in [0.15, 0.2) is 12.1 Å². The van der Waals surface area contributed by atoms with Crippen molar-refractivity contribution in [2.24, 2.45) is 0 Å². The lowest BCUT2D eigenvalue weighted by molar-refractivity contribution is -0.116. The molecule has 0 aromatic heterocycles. The highest BCUT2D eigenvalue weighted by molar-refractivity contribution is 6.09. The number of ether oxygens (including phenoxy) is 1. The van der Waals surface area contributed by atoms with Gasteiger partial charge in [0.15, 0.2) is 5.78 Å². The maximum Gasteiger partial charge on any atom is 0.174 e. The first-order valence-electron chi connectivity index (χ1n) is 4.86. The number of rotatable bonds is 4. The minimum Gasteiger partial charge on any atom is -0.507 e. The van der Waals surface area contributed by atoms with Crippen LogP contribution in [0.1, 0.15) is 29.3 Å². The van der Waals surface area contributed by atoms with Crippen molar-refractivity contribution >= 4 is 11.6 Å². The Morgan fingerprint density at radius 2 is 2.00 bits per heavy atom. The fourth-order valence-corrected chi connectivity index (χ4v) is 1.53. The molecule has 0 spiro atoms. The number of aromatic hydroxyl groups is 1. The average molecular weight is 222 g/mol. The number of methoxy groups -OCH3 is 1. The maximum atomic E-state index is 11.7. The fraction of sp³-hybridized carbons (Fsp3) is 0.333. The zero-order chi connectivity index (χ0) is 12.3. The highest BCUT2D eigenvalue weighted by Gasteiger charge is 2.17. The third-order valence-electron chi connectivity index (χ3n) is 2.21. The van der Waals surface area contributed by atoms with E-state index in [4.69, 9.17) is 4.74 Å². The summed E-state index contributed by atoms with van der Waals surface area (Å²) in [6.07, 6.45) is -0.194. The van der Waals surface area contributed by atoms with Crippen molar-refractivity contribution in [3.8, 4) is 11.5 Å². The number of hydrogen-bond acceptors (Lipinski definition) is 4. The molecule has 86 valence electrons. The van der Waals surface area contributed by atoms with E-state index in [1.165, 1.54) is 20.1 Å². The molecular weight excluding hydrogens is 208 g/mol. The molecule has 16 heavy (non-hydrogen) atoms. The van der Waals surface area contributed by atoms with Crippen molar-refractivity contribution in [1.29, 1.82) is 0 Å². The van der Waals surface area contributed by atoms with Gasteiger partial charge in [0.25, 0.3) is 0 Å². The second kappa shape index (κ2) is 4.79. The van der Waals surface area contributed by atoms with Crippen LogP contribution in [-0.4, -0.2) is 23.8 Å². The van der Waals surface area contributed by atoms with Crippen LogP contribution in [0, 0.1) is 6.92 Å². The Labute approximate surface area is 93.9 Å². The molecule has 0 saturated heterocycles. The predicted octanol–water partition coefficient (Wildman–Crippen LogP) is 1.87. The number of Topliss-reactive ketones (excluding diaryl/α,β-unsaturated/α-hetero) is 2. The monoisotopic (exact) mass is 222 g/mol. The Balaban J connectivity index is 3.14. The molecule has 1 aromatic rings. The SMILES string of the molecule is COc1cc(C)c(C(=O)CC(C)=O)c(O)c1. The van der Waals surface area contributed by atoms with Crippen molar-refractivity contribution in [3.05, 3.63) is 23.3 Å². The first-order valence-corrected chi connectivity index (χ1v) is 4.86. The highest BCUT2D eigenvalue weighted by Crippen LogP contribution is 2.28. The Bertz CT molecular complexity index is 412. The van der Waals surface area contributed by atoms with Gasteiger partial charge in [0.05, 0.1) is 19.1 Å². The van der Waals surface area contributed by atoms with E-state index in [2.05, 4.69) is 0 Å². The fourth-order valence-electron chi connectivity index (χ4n) is 1.53. The molecule has 0 amide bonds. The summed E-state index contributed by atoms with van der Waals surface area (Å²) in [6.45, 7) is 3.03. The quantitative estimate of drug-likeness (QED) is 0.624. The number of hydrogen-bond donors (Lipinski definition) is 1. The van der Waals surface area contributed by atoms with Crippen LogP contribution in [0.5, 0.6) is 11.5 Å². The van der Waals surface area contributed by atoms with Crippen molar-refractivity contribution in [1.82, 2.24) is 0 Å². The lowest BCUT2D eigenvalue weighted by atomic mass is 10.00. The van der Waals surface area contributed by atoms with E-state index in [0.717, 1.165) is 0 Å². The van der Waals surface area contributed by atoms with Crippen LogP contribution in [0.4, 0.5) is 0 Å². The molecule has 4 heteroatoms. The van der Waals surface area contributed by atoms with E-state index in [1.54, 1.807) is 13.0 Å². The molecule has 4 nitrogen and oxygen atoms in total. The third kappa shape index (κ3) is 2.59. The number of carbonyl (C=O) groups is 2. The Hall–Kier alpha value is -1.84. The standard InChI is InChI=1S/C12H14O4/c1-7-4-9(16-3)6-11(15)12(7)10(14)5-8(2)13/h4,6,15H,5H2,1-3H3. The molecule has 0 heterocycles. The molecule has 0 aliphatic carbocycles. The molecular formula is C12H14O4. The van der Waals surface area contributed by atoms with Crippen molar-refractivity contribution < 1.29 is 19.4 Å². The molecule has 1 aromatic carbocycles. The van der Waals surface area contributed by atoms with Crippen molar-refractivity contribution in [3.63, 3.8) is 0 Å². The van der Waals surface area contributed by atoms with Gasteiger partial charge in [-0.3, -0.25) is 9.59 Å². The van der Waals surface area contributed by atoms with E-state index < -0.39 is 0 Å². The summed E-state index contributed by atoms with van der Waals surface area (Å²) in [5, 5.41) is 9.67. The van der Waals surface area contributed by atoms with Gasteiger partial charge in [-0.25, -0.2) is 0 Å². The predicted molar refractivity (Wildman–Crippen MR) is 59.0 cm³/mol. The number of benzene rings is 1. The first-order chi connectivity index (χ1) is 7.45. The van der Waals surface area contributed by atoms with Crippen LogP contribution < -0.4 is 4.74 Å². The molecule has 0 saturated carbocycles. The van der Waals surface area contributed by atoms with E-state index in [9.17, 15) is 14.7 Å². The normalized spacial score (nSPS) is 9.94. The molecule has 1 N–H and O–H groups in total. The van der Waals surface area contributed by atoms with E-state index >= 15 is 0 Å². The van der Waals surface area contributed by atoms with Crippen molar-refractivity contribution in [2.45, 2.75) is 20.3 Å². The number of phenols is 1. The largest absolute Gasteiger partial charge is 0.507 e. The summed E-state index contributed by atoms with van der Waals surface area (Å²) in [4.78, 5) is 22.5. The minimum atomic E-state index is -0.370. The summed E-state index contributed by atoms with van der Waals surface area (Å²) in [7, 11) is 1.48. The van der Waals surface area contributed by atoms with Gasteiger partial charge in [-0.1, -0.05) is 0 Å². The highest BCUT2D eigenvalue weighted by atomic mass is 16.5. The van der Waals surface area contributed by atoms with E-state index in [1.807, 2.05) is 0 Å². The molecule has 0 atom stereocenters. The van der Waals surface area contributed by atoms with Gasteiger partial charge in [0.1, 0.15) is 17.3 Å². The average Bonchev–Trinajstić information content (AvgIpc) is 2.15. The van der Waals surface area contributed by atoms with Gasteiger partial charge in [-0.2, -0.15) is 0 Å². The molecule has 0 fully saturated rings. The summed E-state index contributed by atoms with van der Waals surface area (Å²) in [5.41, 5.74) is 0.791. The van der Waals surface area contributed by atoms with Crippen LogP contribution >= 0.6 is 0 Å².